The van der Waals surface area contributed by atoms with E-state index in [1.807, 2.05) is 11.5 Å². The number of nitrogens with zero attached hydrogens (tertiary/aromatic N) is 1. The zero-order chi connectivity index (χ0) is 17.0. The largest absolute Gasteiger partial charge is 0.481 e. The van der Waals surface area contributed by atoms with E-state index in [2.05, 4.69) is 0 Å². The fourth-order valence-corrected chi connectivity index (χ4v) is 2.99. The molecule has 0 atom stereocenters. The van der Waals surface area contributed by atoms with Crippen LogP contribution >= 0.6 is 23.2 Å². The predicted molar refractivity (Wildman–Crippen MR) is 91.6 cm³/mol. The van der Waals surface area contributed by atoms with E-state index in [1.165, 1.54) is 6.07 Å². The summed E-state index contributed by atoms with van der Waals surface area (Å²) in [5.41, 5.74) is 2.07. The van der Waals surface area contributed by atoms with Crippen LogP contribution in [0.25, 0.3) is 0 Å². The van der Waals surface area contributed by atoms with E-state index in [9.17, 15) is 9.59 Å². The van der Waals surface area contributed by atoms with Gasteiger partial charge in [0, 0.05) is 53.0 Å². The highest BCUT2D eigenvalue weighted by Crippen LogP contribution is 2.26. The number of carboxylic acid groups (broad SMARTS) is 1. The summed E-state index contributed by atoms with van der Waals surface area (Å²) >= 11 is 12.4. The van der Waals surface area contributed by atoms with Crippen molar-refractivity contribution in [2.75, 3.05) is 0 Å². The maximum absolute atomic E-state index is 12.2. The maximum Gasteiger partial charge on any atom is 0.303 e. The van der Waals surface area contributed by atoms with Gasteiger partial charge in [-0.3, -0.25) is 9.59 Å². The highest BCUT2D eigenvalue weighted by molar-refractivity contribution is 6.36. The molecule has 0 saturated heterocycles. The second-order valence-corrected chi connectivity index (χ2v) is 6.13. The normalized spacial score (nSPS) is 10.7. The Labute approximate surface area is 144 Å². The number of aryl methyl sites for hydroxylation is 1. The Morgan fingerprint density at radius 1 is 1.17 bits per heavy atom. The Balaban J connectivity index is 2.31. The Morgan fingerprint density at radius 3 is 2.43 bits per heavy atom. The van der Waals surface area contributed by atoms with Crippen LogP contribution in [-0.2, 0) is 17.8 Å². The van der Waals surface area contributed by atoms with Crippen LogP contribution in [0.4, 0.5) is 0 Å². The SMILES string of the molecule is Cc1c(Cc2c(Cl)cccc2Cl)c(=O)ccn1CCCC(=O)O. The van der Waals surface area contributed by atoms with E-state index in [-0.39, 0.29) is 11.8 Å². The molecule has 122 valence electrons. The molecule has 1 N–H and O–H groups in total. The van der Waals surface area contributed by atoms with Gasteiger partial charge in [0.1, 0.15) is 0 Å². The van der Waals surface area contributed by atoms with Crippen LogP contribution in [0.3, 0.4) is 0 Å². The number of halogens is 2. The average Bonchev–Trinajstić information content (AvgIpc) is 2.48. The van der Waals surface area contributed by atoms with Gasteiger partial charge in [-0.05, 0) is 31.0 Å². The van der Waals surface area contributed by atoms with Crippen molar-refractivity contribution in [1.29, 1.82) is 0 Å². The lowest BCUT2D eigenvalue weighted by Gasteiger charge is -2.15. The third-order valence-electron chi connectivity index (χ3n) is 3.78. The molecule has 0 saturated carbocycles. The first-order valence-corrected chi connectivity index (χ1v) is 7.99. The van der Waals surface area contributed by atoms with Crippen molar-refractivity contribution in [1.82, 2.24) is 4.57 Å². The lowest BCUT2D eigenvalue weighted by Crippen LogP contribution is -2.17. The molecule has 6 heteroatoms. The Kier molecular flexibility index (Phi) is 5.85. The van der Waals surface area contributed by atoms with Crippen molar-refractivity contribution >= 4 is 29.2 Å². The second kappa shape index (κ2) is 7.66. The van der Waals surface area contributed by atoms with Crippen LogP contribution in [0.5, 0.6) is 0 Å². The molecule has 23 heavy (non-hydrogen) atoms. The van der Waals surface area contributed by atoms with Gasteiger partial charge in [-0.2, -0.15) is 0 Å². The molecular weight excluding hydrogens is 337 g/mol. The molecule has 0 radical (unpaired) electrons. The highest BCUT2D eigenvalue weighted by atomic mass is 35.5. The van der Waals surface area contributed by atoms with Crippen molar-refractivity contribution in [2.45, 2.75) is 32.7 Å². The van der Waals surface area contributed by atoms with E-state index in [0.717, 1.165) is 11.3 Å². The first-order chi connectivity index (χ1) is 10.9. The molecule has 1 aromatic heterocycles. The minimum atomic E-state index is -0.827. The van der Waals surface area contributed by atoms with Crippen LogP contribution in [0.2, 0.25) is 10.0 Å². The number of rotatable bonds is 6. The molecule has 0 fully saturated rings. The predicted octanol–water partition coefficient (Wildman–Crippen LogP) is 3.92. The minimum Gasteiger partial charge on any atom is -0.481 e. The second-order valence-electron chi connectivity index (χ2n) is 5.31. The summed E-state index contributed by atoms with van der Waals surface area (Å²) in [6.45, 7) is 2.39. The van der Waals surface area contributed by atoms with E-state index in [1.54, 1.807) is 24.4 Å². The van der Waals surface area contributed by atoms with Gasteiger partial charge in [-0.15, -0.1) is 0 Å². The highest BCUT2D eigenvalue weighted by Gasteiger charge is 2.13. The molecule has 0 aliphatic rings. The minimum absolute atomic E-state index is 0.0760. The summed E-state index contributed by atoms with van der Waals surface area (Å²) in [4.78, 5) is 22.8. The molecule has 0 spiro atoms. The summed E-state index contributed by atoms with van der Waals surface area (Å²) in [5, 5.41) is 9.78. The molecular formula is C17H17Cl2NO3. The number of hydrogen-bond acceptors (Lipinski definition) is 2. The van der Waals surface area contributed by atoms with Crippen LogP contribution in [0, 0.1) is 6.92 Å². The van der Waals surface area contributed by atoms with Gasteiger partial charge in [-0.1, -0.05) is 29.3 Å². The fraction of sp³-hybridized carbons (Fsp3) is 0.294. The third kappa shape index (κ3) is 4.36. The Hall–Kier alpha value is -1.78. The first-order valence-electron chi connectivity index (χ1n) is 7.23. The number of aromatic nitrogens is 1. The molecule has 1 aromatic carbocycles. The number of pyridine rings is 1. The van der Waals surface area contributed by atoms with Crippen LogP contribution < -0.4 is 5.43 Å². The molecule has 2 rings (SSSR count). The number of aliphatic carboxylic acids is 1. The maximum atomic E-state index is 12.2. The smallest absolute Gasteiger partial charge is 0.303 e. The first kappa shape index (κ1) is 17.6. The zero-order valence-corrected chi connectivity index (χ0v) is 14.2. The average molecular weight is 354 g/mol. The summed E-state index contributed by atoms with van der Waals surface area (Å²) < 4.78 is 1.89. The molecule has 4 nitrogen and oxygen atoms in total. The van der Waals surface area contributed by atoms with Gasteiger partial charge in [0.15, 0.2) is 5.43 Å². The van der Waals surface area contributed by atoms with Crippen molar-refractivity contribution in [3.63, 3.8) is 0 Å². The van der Waals surface area contributed by atoms with Crippen LogP contribution in [0.1, 0.15) is 29.7 Å². The third-order valence-corrected chi connectivity index (χ3v) is 4.48. The molecule has 0 aliphatic heterocycles. The lowest BCUT2D eigenvalue weighted by atomic mass is 10.0. The molecule has 2 aromatic rings. The molecule has 0 amide bonds. The molecule has 0 unspecified atom stereocenters. The quantitative estimate of drug-likeness (QED) is 0.855. The van der Waals surface area contributed by atoms with Crippen molar-refractivity contribution in [3.8, 4) is 0 Å². The summed E-state index contributed by atoms with van der Waals surface area (Å²) in [7, 11) is 0. The van der Waals surface area contributed by atoms with E-state index >= 15 is 0 Å². The van der Waals surface area contributed by atoms with E-state index in [0.29, 0.717) is 35.0 Å². The Morgan fingerprint density at radius 2 is 1.83 bits per heavy atom. The van der Waals surface area contributed by atoms with Gasteiger partial charge in [0.2, 0.25) is 0 Å². The standard InChI is InChI=1S/C17H17Cl2NO3/c1-11-12(10-13-14(18)4-2-5-15(13)19)16(21)7-9-20(11)8-3-6-17(22)23/h2,4-5,7,9H,3,6,8,10H2,1H3,(H,22,23). The molecule has 0 aliphatic carbocycles. The van der Waals surface area contributed by atoms with E-state index in [4.69, 9.17) is 28.3 Å². The van der Waals surface area contributed by atoms with Crippen molar-refractivity contribution in [2.24, 2.45) is 0 Å². The van der Waals surface area contributed by atoms with Crippen molar-refractivity contribution in [3.05, 3.63) is 67.6 Å². The summed E-state index contributed by atoms with van der Waals surface area (Å²) in [6.07, 6.45) is 2.64. The van der Waals surface area contributed by atoms with Gasteiger partial charge in [0.25, 0.3) is 0 Å². The zero-order valence-electron chi connectivity index (χ0n) is 12.7. The summed E-state index contributed by atoms with van der Waals surface area (Å²) in [6, 6.07) is 6.74. The van der Waals surface area contributed by atoms with Gasteiger partial charge >= 0.3 is 5.97 Å². The van der Waals surface area contributed by atoms with Crippen LogP contribution in [-0.4, -0.2) is 15.6 Å². The van der Waals surface area contributed by atoms with E-state index < -0.39 is 5.97 Å². The summed E-state index contributed by atoms with van der Waals surface area (Å²) in [5.74, 6) is -0.827. The van der Waals surface area contributed by atoms with Crippen molar-refractivity contribution < 1.29 is 9.90 Å². The van der Waals surface area contributed by atoms with Gasteiger partial charge in [0.05, 0.1) is 0 Å². The lowest BCUT2D eigenvalue weighted by molar-refractivity contribution is -0.137. The molecule has 1 heterocycles. The van der Waals surface area contributed by atoms with Crippen LogP contribution in [0.15, 0.2) is 35.3 Å². The topological polar surface area (TPSA) is 59.3 Å². The Bertz CT molecular complexity index is 764. The number of benzene rings is 1. The van der Waals surface area contributed by atoms with Gasteiger partial charge < -0.3 is 9.67 Å². The van der Waals surface area contributed by atoms with Gasteiger partial charge in [-0.25, -0.2) is 0 Å². The fourth-order valence-electron chi connectivity index (χ4n) is 2.46. The number of hydrogen-bond donors (Lipinski definition) is 1. The number of carbonyl (C=O) groups is 1. The number of carboxylic acids is 1. The monoisotopic (exact) mass is 353 g/mol. The molecule has 0 bridgehead atoms.